The number of allylic oxidation sites excluding steroid dienone is 1. The Morgan fingerprint density at radius 2 is 1.74 bits per heavy atom. The van der Waals surface area contributed by atoms with Crippen molar-refractivity contribution in [1.82, 2.24) is 0 Å². The third-order valence-electron chi connectivity index (χ3n) is 3.33. The fourth-order valence-corrected chi connectivity index (χ4v) is 2.91. The molecule has 2 aromatic carbocycles. The van der Waals surface area contributed by atoms with Crippen molar-refractivity contribution in [1.29, 1.82) is 5.26 Å². The summed E-state index contributed by atoms with van der Waals surface area (Å²) < 4.78 is 5.81. The van der Waals surface area contributed by atoms with Crippen molar-refractivity contribution < 1.29 is 4.42 Å². The van der Waals surface area contributed by atoms with E-state index in [4.69, 9.17) is 4.42 Å². The molecule has 0 fully saturated rings. The Morgan fingerprint density at radius 1 is 1.00 bits per heavy atom. The Morgan fingerprint density at radius 3 is 2.43 bits per heavy atom. The predicted molar refractivity (Wildman–Crippen MR) is 93.9 cm³/mol. The summed E-state index contributed by atoms with van der Waals surface area (Å²) in [6.45, 7) is 2.07. The van der Waals surface area contributed by atoms with E-state index in [1.54, 1.807) is 17.8 Å². The third kappa shape index (κ3) is 3.94. The molecule has 2 nitrogen and oxygen atoms in total. The van der Waals surface area contributed by atoms with Crippen LogP contribution in [0, 0.1) is 18.3 Å². The van der Waals surface area contributed by atoms with Crippen LogP contribution < -0.4 is 0 Å². The van der Waals surface area contributed by atoms with Crippen LogP contribution in [0.4, 0.5) is 0 Å². The second kappa shape index (κ2) is 7.04. The van der Waals surface area contributed by atoms with E-state index < -0.39 is 0 Å². The minimum absolute atomic E-state index is 0.590. The molecule has 0 N–H and O–H groups in total. The monoisotopic (exact) mass is 317 g/mol. The summed E-state index contributed by atoms with van der Waals surface area (Å²) in [4.78, 5) is 1.13. The Kier molecular flexibility index (Phi) is 4.65. The molecule has 0 spiro atoms. The van der Waals surface area contributed by atoms with Crippen LogP contribution in [0.1, 0.15) is 16.9 Å². The van der Waals surface area contributed by atoms with Gasteiger partial charge in [0.2, 0.25) is 0 Å². The molecule has 3 aromatic rings. The van der Waals surface area contributed by atoms with Gasteiger partial charge in [0, 0.05) is 4.90 Å². The van der Waals surface area contributed by atoms with Gasteiger partial charge in [0.1, 0.15) is 5.76 Å². The van der Waals surface area contributed by atoms with Gasteiger partial charge in [-0.25, -0.2) is 0 Å². The van der Waals surface area contributed by atoms with Crippen molar-refractivity contribution in [2.75, 3.05) is 0 Å². The van der Waals surface area contributed by atoms with E-state index in [1.807, 2.05) is 42.5 Å². The van der Waals surface area contributed by atoms with Crippen molar-refractivity contribution in [2.45, 2.75) is 16.9 Å². The fourth-order valence-electron chi connectivity index (χ4n) is 2.13. The van der Waals surface area contributed by atoms with Gasteiger partial charge in [-0.3, -0.25) is 0 Å². The number of rotatable bonds is 4. The molecule has 3 rings (SSSR count). The van der Waals surface area contributed by atoms with Gasteiger partial charge in [-0.05, 0) is 42.8 Å². The molecular weight excluding hydrogens is 302 g/mol. The Balaban J connectivity index is 1.80. The summed E-state index contributed by atoms with van der Waals surface area (Å²) in [5.74, 6) is 0.681. The van der Waals surface area contributed by atoms with Crippen molar-refractivity contribution in [3.05, 3.63) is 83.6 Å². The van der Waals surface area contributed by atoms with Gasteiger partial charge in [-0.2, -0.15) is 5.26 Å². The molecule has 1 heterocycles. The van der Waals surface area contributed by atoms with Crippen LogP contribution in [0.2, 0.25) is 0 Å². The normalized spacial score (nSPS) is 11.2. The summed E-state index contributed by atoms with van der Waals surface area (Å²) in [5.41, 5.74) is 2.71. The van der Waals surface area contributed by atoms with Crippen LogP contribution in [0.5, 0.6) is 0 Å². The number of aryl methyl sites for hydroxylation is 1. The number of nitrogens with zero attached hydrogens (tertiary/aromatic N) is 1. The van der Waals surface area contributed by atoms with Crippen molar-refractivity contribution in [3.8, 4) is 6.07 Å². The predicted octanol–water partition coefficient (Wildman–Crippen LogP) is 5.80. The lowest BCUT2D eigenvalue weighted by Gasteiger charge is -1.99. The van der Waals surface area contributed by atoms with Crippen LogP contribution in [0.25, 0.3) is 11.6 Å². The topological polar surface area (TPSA) is 36.9 Å². The van der Waals surface area contributed by atoms with E-state index in [0.717, 1.165) is 15.6 Å². The van der Waals surface area contributed by atoms with Crippen LogP contribution in [-0.2, 0) is 0 Å². The van der Waals surface area contributed by atoms with E-state index in [9.17, 15) is 5.26 Å². The van der Waals surface area contributed by atoms with E-state index in [0.29, 0.717) is 11.3 Å². The van der Waals surface area contributed by atoms with Gasteiger partial charge < -0.3 is 4.42 Å². The zero-order chi connectivity index (χ0) is 16.1. The number of benzene rings is 2. The van der Waals surface area contributed by atoms with Gasteiger partial charge >= 0.3 is 0 Å². The van der Waals surface area contributed by atoms with Crippen LogP contribution in [-0.4, -0.2) is 0 Å². The maximum Gasteiger partial charge on any atom is 0.165 e. The average molecular weight is 317 g/mol. The highest BCUT2D eigenvalue weighted by Gasteiger charge is 2.05. The first-order valence-electron chi connectivity index (χ1n) is 7.26. The van der Waals surface area contributed by atoms with Gasteiger partial charge in [0.05, 0.1) is 11.6 Å². The van der Waals surface area contributed by atoms with Crippen molar-refractivity contribution in [2.24, 2.45) is 0 Å². The molecule has 112 valence electrons. The van der Waals surface area contributed by atoms with E-state index in [1.165, 1.54) is 5.56 Å². The molecule has 0 aliphatic carbocycles. The first-order chi connectivity index (χ1) is 11.2. The zero-order valence-electron chi connectivity index (χ0n) is 12.7. The number of furan rings is 1. The van der Waals surface area contributed by atoms with Crippen molar-refractivity contribution >= 4 is 23.4 Å². The Labute approximate surface area is 140 Å². The fraction of sp³-hybridized carbons (Fsp3) is 0.0500. The minimum atomic E-state index is 0.590. The van der Waals surface area contributed by atoms with Gasteiger partial charge in [-0.1, -0.05) is 59.8 Å². The van der Waals surface area contributed by atoms with Crippen molar-refractivity contribution in [3.63, 3.8) is 0 Å². The molecule has 0 amide bonds. The standard InChI is InChI=1S/C20H15NOS/c1-15-7-10-19(11-8-15)23-20-12-9-18(22-20)13-17(14-21)16-5-3-2-4-6-16/h2-13H,1H3. The first-order valence-corrected chi connectivity index (χ1v) is 8.08. The van der Waals surface area contributed by atoms with Gasteiger partial charge in [-0.15, -0.1) is 0 Å². The van der Waals surface area contributed by atoms with E-state index >= 15 is 0 Å². The zero-order valence-corrected chi connectivity index (χ0v) is 13.5. The summed E-state index contributed by atoms with van der Waals surface area (Å²) >= 11 is 1.57. The highest BCUT2D eigenvalue weighted by Crippen LogP contribution is 2.30. The SMILES string of the molecule is Cc1ccc(Sc2ccc(C=C(C#N)c3ccccc3)o2)cc1. The number of hydrogen-bond acceptors (Lipinski definition) is 3. The molecule has 0 unspecified atom stereocenters. The highest BCUT2D eigenvalue weighted by atomic mass is 32.2. The first kappa shape index (κ1) is 15.2. The lowest BCUT2D eigenvalue weighted by molar-refractivity contribution is 0.466. The molecule has 0 saturated heterocycles. The molecule has 3 heteroatoms. The molecule has 0 aliphatic heterocycles. The molecule has 1 aromatic heterocycles. The lowest BCUT2D eigenvalue weighted by atomic mass is 10.1. The Hall–Kier alpha value is -2.70. The van der Waals surface area contributed by atoms with Gasteiger partial charge in [0.25, 0.3) is 0 Å². The van der Waals surface area contributed by atoms with E-state index in [-0.39, 0.29) is 0 Å². The highest BCUT2D eigenvalue weighted by molar-refractivity contribution is 7.99. The summed E-state index contributed by atoms with van der Waals surface area (Å²) in [7, 11) is 0. The van der Waals surface area contributed by atoms with Gasteiger partial charge in [0.15, 0.2) is 5.09 Å². The average Bonchev–Trinajstić information content (AvgIpc) is 3.03. The van der Waals surface area contributed by atoms with Crippen LogP contribution >= 0.6 is 11.8 Å². The summed E-state index contributed by atoms with van der Waals surface area (Å²) in [6.07, 6.45) is 1.77. The largest absolute Gasteiger partial charge is 0.450 e. The molecule has 0 atom stereocenters. The summed E-state index contributed by atoms with van der Waals surface area (Å²) in [5, 5.41) is 10.2. The molecular formula is C20H15NOS. The lowest BCUT2D eigenvalue weighted by Crippen LogP contribution is -1.79. The maximum absolute atomic E-state index is 9.34. The molecule has 0 saturated carbocycles. The van der Waals surface area contributed by atoms with E-state index in [2.05, 4.69) is 37.3 Å². The quantitative estimate of drug-likeness (QED) is 0.570. The summed E-state index contributed by atoms with van der Waals surface area (Å²) in [6, 6.07) is 23.9. The molecule has 0 bridgehead atoms. The number of hydrogen-bond donors (Lipinski definition) is 0. The molecule has 0 aliphatic rings. The molecule has 0 radical (unpaired) electrons. The number of nitriles is 1. The maximum atomic E-state index is 9.34. The minimum Gasteiger partial charge on any atom is -0.450 e. The second-order valence-corrected chi connectivity index (χ2v) is 6.19. The smallest absolute Gasteiger partial charge is 0.165 e. The second-order valence-electron chi connectivity index (χ2n) is 5.11. The Bertz CT molecular complexity index is 855. The molecule has 23 heavy (non-hydrogen) atoms. The third-order valence-corrected chi connectivity index (χ3v) is 4.26. The van der Waals surface area contributed by atoms with Crippen LogP contribution in [0.3, 0.4) is 0 Å². The van der Waals surface area contributed by atoms with Crippen LogP contribution in [0.15, 0.2) is 81.1 Å².